The molecule has 0 bridgehead atoms. The molecule has 3 nitrogen and oxygen atoms in total. The smallest absolute Gasteiger partial charge is 0.176 e. The average Bonchev–Trinajstić information content (AvgIpc) is 2.62. The summed E-state index contributed by atoms with van der Waals surface area (Å²) in [5, 5.41) is 0.310. The Kier molecular flexibility index (Phi) is 3.09. The van der Waals surface area contributed by atoms with Crippen LogP contribution in [0.3, 0.4) is 0 Å². The molecule has 2 rings (SSSR count). The summed E-state index contributed by atoms with van der Waals surface area (Å²) in [6, 6.07) is 1.37. The molecule has 0 aliphatic heterocycles. The van der Waals surface area contributed by atoms with Gasteiger partial charge in [-0.3, -0.25) is 0 Å². The fraction of sp³-hybridized carbons (Fsp3) is 0. The third-order valence-electron chi connectivity index (χ3n) is 1.30. The number of pyridine rings is 1. The molecule has 2 aromatic heterocycles. The largest absolute Gasteiger partial charge is 0.245 e. The molecule has 2 aromatic rings. The lowest BCUT2D eigenvalue weighted by Crippen LogP contribution is -1.85. The molecule has 2 heterocycles. The Hall–Kier alpha value is -0.530. The van der Waals surface area contributed by atoms with E-state index in [1.54, 1.807) is 6.20 Å². The molecule has 0 fully saturated rings. The average molecular weight is 292 g/mol. The second kappa shape index (κ2) is 4.33. The Morgan fingerprint density at radius 2 is 2.29 bits per heavy atom. The van der Waals surface area contributed by atoms with Crippen molar-refractivity contribution in [2.75, 3.05) is 0 Å². The molecule has 14 heavy (non-hydrogen) atoms. The summed E-state index contributed by atoms with van der Waals surface area (Å²) in [7, 11) is 0. The Labute approximate surface area is 96.1 Å². The van der Waals surface area contributed by atoms with Crippen molar-refractivity contribution in [3.63, 3.8) is 0 Å². The van der Waals surface area contributed by atoms with Crippen molar-refractivity contribution < 1.29 is 4.39 Å². The van der Waals surface area contributed by atoms with Crippen molar-refractivity contribution in [3.8, 4) is 0 Å². The van der Waals surface area contributed by atoms with Crippen LogP contribution in [0.25, 0.3) is 0 Å². The summed E-state index contributed by atoms with van der Waals surface area (Å²) in [6.45, 7) is 0. The van der Waals surface area contributed by atoms with Gasteiger partial charge in [0.1, 0.15) is 11.4 Å². The lowest BCUT2D eigenvalue weighted by molar-refractivity contribution is 0.586. The van der Waals surface area contributed by atoms with Crippen molar-refractivity contribution in [2.24, 2.45) is 0 Å². The number of rotatable bonds is 2. The minimum absolute atomic E-state index is 0.310. The third kappa shape index (κ3) is 2.28. The minimum atomic E-state index is -0.362. The predicted octanol–water partition coefficient (Wildman–Crippen LogP) is 2.99. The van der Waals surface area contributed by atoms with Gasteiger partial charge < -0.3 is 0 Å². The van der Waals surface area contributed by atoms with E-state index >= 15 is 0 Å². The van der Waals surface area contributed by atoms with Crippen LogP contribution in [0.4, 0.5) is 4.39 Å². The fourth-order valence-corrected chi connectivity index (χ4v) is 2.39. The van der Waals surface area contributed by atoms with Gasteiger partial charge in [0.2, 0.25) is 0 Å². The second-order valence-electron chi connectivity index (χ2n) is 2.25. The van der Waals surface area contributed by atoms with Crippen LogP contribution in [0.2, 0.25) is 0 Å². The maximum atomic E-state index is 13.3. The number of nitrogens with zero attached hydrogens (tertiary/aromatic N) is 3. The Balaban J connectivity index is 2.25. The highest BCUT2D eigenvalue weighted by atomic mass is 79.9. The van der Waals surface area contributed by atoms with Crippen LogP contribution in [0.15, 0.2) is 32.4 Å². The molecule has 0 aliphatic rings. The van der Waals surface area contributed by atoms with Gasteiger partial charge in [0, 0.05) is 10.7 Å². The van der Waals surface area contributed by atoms with Gasteiger partial charge in [0.25, 0.3) is 0 Å². The first kappa shape index (κ1) is 10.0. The van der Waals surface area contributed by atoms with Crippen molar-refractivity contribution >= 4 is 39.2 Å². The van der Waals surface area contributed by atoms with E-state index < -0.39 is 0 Å². The standard InChI is InChI=1S/C7H3BrFN3S2/c8-4-1-5(9)6(10-2-4)13-7-11-3-12-14-7/h1-3H. The summed E-state index contributed by atoms with van der Waals surface area (Å²) in [5.74, 6) is -0.362. The number of halogens is 2. The van der Waals surface area contributed by atoms with E-state index in [0.29, 0.717) is 13.8 Å². The lowest BCUT2D eigenvalue weighted by atomic mass is 10.5. The van der Waals surface area contributed by atoms with Crippen molar-refractivity contribution in [1.29, 1.82) is 0 Å². The zero-order valence-corrected chi connectivity index (χ0v) is 9.87. The molecule has 0 aromatic carbocycles. The maximum absolute atomic E-state index is 13.3. The summed E-state index contributed by atoms with van der Waals surface area (Å²) in [6.07, 6.45) is 2.98. The molecule has 7 heteroatoms. The first-order chi connectivity index (χ1) is 6.75. The van der Waals surface area contributed by atoms with Gasteiger partial charge in [-0.25, -0.2) is 14.4 Å². The fourth-order valence-electron chi connectivity index (χ4n) is 0.768. The van der Waals surface area contributed by atoms with Gasteiger partial charge in [-0.1, -0.05) is 0 Å². The zero-order chi connectivity index (χ0) is 9.97. The summed E-state index contributed by atoms with van der Waals surface area (Å²) in [4.78, 5) is 7.86. The van der Waals surface area contributed by atoms with Crippen LogP contribution in [-0.4, -0.2) is 14.3 Å². The Bertz CT molecular complexity index is 435. The molecule has 0 saturated carbocycles. The van der Waals surface area contributed by atoms with Gasteiger partial charge in [-0.2, -0.15) is 4.37 Å². The van der Waals surface area contributed by atoms with Crippen molar-refractivity contribution in [3.05, 3.63) is 28.9 Å². The predicted molar refractivity (Wildman–Crippen MR) is 55.9 cm³/mol. The van der Waals surface area contributed by atoms with Crippen molar-refractivity contribution in [1.82, 2.24) is 14.3 Å². The van der Waals surface area contributed by atoms with E-state index in [1.165, 1.54) is 35.7 Å². The SMILES string of the molecule is Fc1cc(Br)cnc1Sc1ncns1. The van der Waals surface area contributed by atoms with Gasteiger partial charge in [0.15, 0.2) is 10.2 Å². The minimum Gasteiger partial charge on any atom is -0.245 e. The molecule has 0 atom stereocenters. The van der Waals surface area contributed by atoms with E-state index in [1.807, 2.05) is 0 Å². The first-order valence-corrected chi connectivity index (χ1v) is 5.89. The second-order valence-corrected chi connectivity index (χ2v) is 5.18. The first-order valence-electron chi connectivity index (χ1n) is 3.51. The topological polar surface area (TPSA) is 38.7 Å². The molecule has 0 spiro atoms. The highest BCUT2D eigenvalue weighted by Crippen LogP contribution is 2.29. The molecule has 0 aliphatic carbocycles. The van der Waals surface area contributed by atoms with Gasteiger partial charge in [-0.05, 0) is 45.3 Å². The lowest BCUT2D eigenvalue weighted by Gasteiger charge is -1.98. The van der Waals surface area contributed by atoms with Crippen LogP contribution < -0.4 is 0 Å². The summed E-state index contributed by atoms with van der Waals surface area (Å²) < 4.78 is 18.4. The van der Waals surface area contributed by atoms with E-state index in [4.69, 9.17) is 0 Å². The Morgan fingerprint density at radius 1 is 1.43 bits per heavy atom. The van der Waals surface area contributed by atoms with E-state index in [9.17, 15) is 4.39 Å². The van der Waals surface area contributed by atoms with Gasteiger partial charge >= 0.3 is 0 Å². The van der Waals surface area contributed by atoms with Gasteiger partial charge in [0.05, 0.1) is 0 Å². The molecule has 0 amide bonds. The van der Waals surface area contributed by atoms with Crippen LogP contribution in [0, 0.1) is 5.82 Å². The quantitative estimate of drug-likeness (QED) is 0.853. The highest BCUT2D eigenvalue weighted by molar-refractivity contribution is 9.10. The molecule has 0 unspecified atom stereocenters. The molecule has 0 radical (unpaired) electrons. The van der Waals surface area contributed by atoms with Crippen LogP contribution in [0.1, 0.15) is 0 Å². The van der Waals surface area contributed by atoms with Crippen LogP contribution in [-0.2, 0) is 0 Å². The molecule has 0 saturated heterocycles. The number of aromatic nitrogens is 3. The Morgan fingerprint density at radius 3 is 2.93 bits per heavy atom. The molecular weight excluding hydrogens is 289 g/mol. The number of hydrogen-bond acceptors (Lipinski definition) is 5. The van der Waals surface area contributed by atoms with Crippen LogP contribution >= 0.6 is 39.2 Å². The highest BCUT2D eigenvalue weighted by Gasteiger charge is 2.08. The molecular formula is C7H3BrFN3S2. The normalized spacial score (nSPS) is 10.4. The van der Waals surface area contributed by atoms with Gasteiger partial charge in [-0.15, -0.1) is 0 Å². The summed E-state index contributed by atoms with van der Waals surface area (Å²) in [5.41, 5.74) is 0. The number of hydrogen-bond donors (Lipinski definition) is 0. The maximum Gasteiger partial charge on any atom is 0.176 e. The van der Waals surface area contributed by atoms with E-state index in [0.717, 1.165) is 0 Å². The molecule has 72 valence electrons. The van der Waals surface area contributed by atoms with Crippen LogP contribution in [0.5, 0.6) is 0 Å². The molecule has 0 N–H and O–H groups in total. The van der Waals surface area contributed by atoms with E-state index in [-0.39, 0.29) is 5.82 Å². The summed E-state index contributed by atoms with van der Waals surface area (Å²) >= 11 is 5.52. The van der Waals surface area contributed by atoms with E-state index in [2.05, 4.69) is 30.3 Å². The third-order valence-corrected chi connectivity index (χ3v) is 3.44. The zero-order valence-electron chi connectivity index (χ0n) is 6.65. The van der Waals surface area contributed by atoms with Crippen molar-refractivity contribution in [2.45, 2.75) is 9.37 Å². The monoisotopic (exact) mass is 291 g/mol.